The van der Waals surface area contributed by atoms with E-state index < -0.39 is 0 Å². The standard InChI is InChI=1S/C21H19NOS/c1-16-21(19-7-3-2-4-8-19)22-20(24-16)14-13-18-11-9-17(10-12-18)6-5-15-23/h2-12,15H,13-14H2,1H3/b6-5+. The number of hydrogen-bond acceptors (Lipinski definition) is 3. The Labute approximate surface area is 146 Å². The van der Waals surface area contributed by atoms with Gasteiger partial charge in [0.15, 0.2) is 0 Å². The van der Waals surface area contributed by atoms with Crippen molar-refractivity contribution in [1.29, 1.82) is 0 Å². The average molecular weight is 333 g/mol. The number of hydrogen-bond donors (Lipinski definition) is 0. The van der Waals surface area contributed by atoms with Crippen LogP contribution in [0.25, 0.3) is 17.3 Å². The number of carbonyl (C=O) groups excluding carboxylic acids is 1. The van der Waals surface area contributed by atoms with Crippen molar-refractivity contribution in [2.75, 3.05) is 0 Å². The average Bonchev–Trinajstić information content (AvgIpc) is 3.00. The molecule has 0 saturated carbocycles. The van der Waals surface area contributed by atoms with E-state index in [9.17, 15) is 4.79 Å². The van der Waals surface area contributed by atoms with Crippen LogP contribution in [0.2, 0.25) is 0 Å². The highest BCUT2D eigenvalue weighted by Gasteiger charge is 2.09. The summed E-state index contributed by atoms with van der Waals surface area (Å²) in [6.07, 6.45) is 6.04. The minimum absolute atomic E-state index is 0.795. The molecule has 0 saturated heterocycles. The number of aldehydes is 1. The molecule has 2 aromatic carbocycles. The SMILES string of the molecule is Cc1sc(CCc2ccc(/C=C/C=O)cc2)nc1-c1ccccc1. The van der Waals surface area contributed by atoms with Gasteiger partial charge in [0, 0.05) is 16.9 Å². The van der Waals surface area contributed by atoms with E-state index in [0.29, 0.717) is 0 Å². The molecule has 0 atom stereocenters. The second kappa shape index (κ2) is 7.84. The zero-order chi connectivity index (χ0) is 16.8. The topological polar surface area (TPSA) is 30.0 Å². The van der Waals surface area contributed by atoms with Gasteiger partial charge in [-0.05, 0) is 30.5 Å². The molecule has 0 amide bonds. The number of carbonyl (C=O) groups is 1. The summed E-state index contributed by atoms with van der Waals surface area (Å²) in [7, 11) is 0. The van der Waals surface area contributed by atoms with Crippen LogP contribution < -0.4 is 0 Å². The smallest absolute Gasteiger partial charge is 0.142 e. The molecule has 120 valence electrons. The molecule has 0 fully saturated rings. The van der Waals surface area contributed by atoms with Crippen LogP contribution in [0.4, 0.5) is 0 Å². The summed E-state index contributed by atoms with van der Waals surface area (Å²) >= 11 is 1.78. The minimum Gasteiger partial charge on any atom is -0.299 e. The van der Waals surface area contributed by atoms with E-state index in [2.05, 4.69) is 43.3 Å². The maximum absolute atomic E-state index is 10.3. The molecular weight excluding hydrogens is 314 g/mol. The first-order valence-electron chi connectivity index (χ1n) is 7.99. The van der Waals surface area contributed by atoms with E-state index in [1.165, 1.54) is 27.1 Å². The molecule has 0 bridgehead atoms. The molecule has 0 aliphatic carbocycles. The predicted molar refractivity (Wildman–Crippen MR) is 101 cm³/mol. The summed E-state index contributed by atoms with van der Waals surface area (Å²) in [5.41, 5.74) is 4.61. The Morgan fingerprint density at radius 1 is 1.00 bits per heavy atom. The van der Waals surface area contributed by atoms with Gasteiger partial charge in [-0.3, -0.25) is 4.79 Å². The monoisotopic (exact) mass is 333 g/mol. The summed E-state index contributed by atoms with van der Waals surface area (Å²) in [5, 5.41) is 1.18. The van der Waals surface area contributed by atoms with Crippen molar-refractivity contribution in [3.63, 3.8) is 0 Å². The van der Waals surface area contributed by atoms with Crippen molar-refractivity contribution < 1.29 is 4.79 Å². The Kier molecular flexibility index (Phi) is 5.34. The number of benzene rings is 2. The largest absolute Gasteiger partial charge is 0.299 e. The number of thiazole rings is 1. The highest BCUT2D eigenvalue weighted by Crippen LogP contribution is 2.28. The molecule has 24 heavy (non-hydrogen) atoms. The van der Waals surface area contributed by atoms with Crippen molar-refractivity contribution in [2.24, 2.45) is 0 Å². The van der Waals surface area contributed by atoms with Gasteiger partial charge in [-0.1, -0.05) is 60.7 Å². The highest BCUT2D eigenvalue weighted by atomic mass is 32.1. The molecule has 1 heterocycles. The van der Waals surface area contributed by atoms with Gasteiger partial charge < -0.3 is 0 Å². The van der Waals surface area contributed by atoms with Crippen LogP contribution in [-0.4, -0.2) is 11.3 Å². The van der Waals surface area contributed by atoms with E-state index in [1.807, 2.05) is 24.3 Å². The second-order valence-corrected chi connectivity index (χ2v) is 6.90. The van der Waals surface area contributed by atoms with Gasteiger partial charge in [0.05, 0.1) is 10.7 Å². The summed E-state index contributed by atoms with van der Waals surface area (Å²) in [4.78, 5) is 16.4. The van der Waals surface area contributed by atoms with Gasteiger partial charge in [-0.25, -0.2) is 4.98 Å². The lowest BCUT2D eigenvalue weighted by atomic mass is 10.1. The molecule has 0 spiro atoms. The fraction of sp³-hybridized carbons (Fsp3) is 0.143. The number of aryl methyl sites for hydroxylation is 3. The maximum Gasteiger partial charge on any atom is 0.142 e. The highest BCUT2D eigenvalue weighted by molar-refractivity contribution is 7.12. The Bertz CT molecular complexity index is 832. The third-order valence-electron chi connectivity index (χ3n) is 3.86. The molecule has 2 nitrogen and oxygen atoms in total. The van der Waals surface area contributed by atoms with Gasteiger partial charge in [0.1, 0.15) is 6.29 Å². The third-order valence-corrected chi connectivity index (χ3v) is 4.89. The van der Waals surface area contributed by atoms with Crippen molar-refractivity contribution >= 4 is 23.7 Å². The fourth-order valence-corrected chi connectivity index (χ4v) is 3.57. The van der Waals surface area contributed by atoms with Crippen molar-refractivity contribution in [3.8, 4) is 11.3 Å². The van der Waals surface area contributed by atoms with Gasteiger partial charge in [-0.15, -0.1) is 11.3 Å². The zero-order valence-electron chi connectivity index (χ0n) is 13.6. The van der Waals surface area contributed by atoms with Crippen LogP contribution in [0.3, 0.4) is 0 Å². The van der Waals surface area contributed by atoms with E-state index in [1.54, 1.807) is 11.3 Å². The van der Waals surface area contributed by atoms with E-state index in [0.717, 1.165) is 30.4 Å². The summed E-state index contributed by atoms with van der Waals surface area (Å²) in [5.74, 6) is 0. The van der Waals surface area contributed by atoms with E-state index in [4.69, 9.17) is 4.98 Å². The summed E-state index contributed by atoms with van der Waals surface area (Å²) < 4.78 is 0. The Hall–Kier alpha value is -2.52. The van der Waals surface area contributed by atoms with Gasteiger partial charge in [0.2, 0.25) is 0 Å². The zero-order valence-corrected chi connectivity index (χ0v) is 14.4. The van der Waals surface area contributed by atoms with Gasteiger partial charge >= 0.3 is 0 Å². The molecule has 1 aromatic heterocycles. The lowest BCUT2D eigenvalue weighted by Gasteiger charge is -2.00. The normalized spacial score (nSPS) is 11.0. The molecule has 3 aromatic rings. The molecule has 0 radical (unpaired) electrons. The molecule has 0 N–H and O–H groups in total. The number of nitrogens with zero attached hydrogens (tertiary/aromatic N) is 1. The van der Waals surface area contributed by atoms with Crippen molar-refractivity contribution in [2.45, 2.75) is 19.8 Å². The number of rotatable bonds is 6. The number of aromatic nitrogens is 1. The first kappa shape index (κ1) is 16.3. The predicted octanol–water partition coefficient (Wildman–Crippen LogP) is 5.12. The van der Waals surface area contributed by atoms with Crippen molar-refractivity contribution in [3.05, 3.63) is 81.7 Å². The van der Waals surface area contributed by atoms with Gasteiger partial charge in [-0.2, -0.15) is 0 Å². The lowest BCUT2D eigenvalue weighted by Crippen LogP contribution is -1.91. The lowest BCUT2D eigenvalue weighted by molar-refractivity contribution is -0.104. The van der Waals surface area contributed by atoms with E-state index >= 15 is 0 Å². The van der Waals surface area contributed by atoms with Crippen LogP contribution in [0.5, 0.6) is 0 Å². The summed E-state index contributed by atoms with van der Waals surface area (Å²) in [6, 6.07) is 18.7. The van der Waals surface area contributed by atoms with Crippen LogP contribution in [-0.2, 0) is 17.6 Å². The first-order chi connectivity index (χ1) is 11.8. The Morgan fingerprint density at radius 2 is 1.75 bits per heavy atom. The van der Waals surface area contributed by atoms with Crippen molar-refractivity contribution in [1.82, 2.24) is 4.98 Å². The van der Waals surface area contributed by atoms with Crippen LogP contribution in [0, 0.1) is 6.92 Å². The Morgan fingerprint density at radius 3 is 2.46 bits per heavy atom. The molecule has 0 unspecified atom stereocenters. The molecule has 3 rings (SSSR count). The quantitative estimate of drug-likeness (QED) is 0.463. The fourth-order valence-electron chi connectivity index (χ4n) is 2.62. The first-order valence-corrected chi connectivity index (χ1v) is 8.80. The number of allylic oxidation sites excluding steroid dienone is 1. The Balaban J connectivity index is 1.67. The maximum atomic E-state index is 10.3. The molecular formula is C21H19NOS. The molecule has 0 aliphatic heterocycles. The molecule has 3 heteroatoms. The van der Waals surface area contributed by atoms with E-state index in [-0.39, 0.29) is 0 Å². The second-order valence-electron chi connectivity index (χ2n) is 5.62. The summed E-state index contributed by atoms with van der Waals surface area (Å²) in [6.45, 7) is 2.14. The third kappa shape index (κ3) is 4.06. The molecule has 0 aliphatic rings. The van der Waals surface area contributed by atoms with Crippen LogP contribution in [0.1, 0.15) is 21.0 Å². The van der Waals surface area contributed by atoms with Gasteiger partial charge in [0.25, 0.3) is 0 Å². The van der Waals surface area contributed by atoms with Crippen LogP contribution in [0.15, 0.2) is 60.7 Å². The van der Waals surface area contributed by atoms with Crippen LogP contribution >= 0.6 is 11.3 Å². The minimum atomic E-state index is 0.795.